The van der Waals surface area contributed by atoms with E-state index in [4.69, 9.17) is 4.74 Å². The molecule has 1 fully saturated rings. The number of rotatable bonds is 12. The molecule has 188 valence electrons. The third kappa shape index (κ3) is 8.10. The molecule has 0 aliphatic carbocycles. The lowest BCUT2D eigenvalue weighted by atomic mass is 10.1. The first-order chi connectivity index (χ1) is 17.0. The lowest BCUT2D eigenvalue weighted by Gasteiger charge is -2.21. The van der Waals surface area contributed by atoms with Crippen molar-refractivity contribution in [3.8, 4) is 0 Å². The van der Waals surface area contributed by atoms with Gasteiger partial charge in [-0.1, -0.05) is 26.0 Å². The highest BCUT2D eigenvalue weighted by atomic mass is 16.5. The molecule has 35 heavy (non-hydrogen) atoms. The molecule has 3 N–H and O–H groups in total. The summed E-state index contributed by atoms with van der Waals surface area (Å²) in [5.41, 5.74) is 2.31. The van der Waals surface area contributed by atoms with E-state index in [1.807, 2.05) is 17.0 Å². The van der Waals surface area contributed by atoms with Gasteiger partial charge < -0.3 is 25.6 Å². The van der Waals surface area contributed by atoms with Crippen LogP contribution in [0.4, 0.5) is 11.4 Å². The fraction of sp³-hybridized carbons (Fsp3) is 0.444. The van der Waals surface area contributed by atoms with Gasteiger partial charge in [-0.05, 0) is 62.1 Å². The minimum Gasteiger partial charge on any atom is -0.376 e. The van der Waals surface area contributed by atoms with Crippen LogP contribution in [0.25, 0.3) is 0 Å². The van der Waals surface area contributed by atoms with E-state index in [9.17, 15) is 14.4 Å². The SMILES string of the molecule is CCCN(CCC)C(=O)c1cccc(NCC(=O)Nc2cccc(C(=O)NCC3CCCO3)c2)c1. The number of carbonyl (C=O) groups excluding carboxylic acids is 3. The van der Waals surface area contributed by atoms with E-state index in [1.54, 1.807) is 36.4 Å². The summed E-state index contributed by atoms with van der Waals surface area (Å²) in [6.45, 7) is 6.81. The normalized spacial score (nSPS) is 14.9. The van der Waals surface area contributed by atoms with Gasteiger partial charge in [0, 0.05) is 48.7 Å². The molecule has 1 heterocycles. The van der Waals surface area contributed by atoms with Gasteiger partial charge >= 0.3 is 0 Å². The van der Waals surface area contributed by atoms with Crippen molar-refractivity contribution < 1.29 is 19.1 Å². The molecule has 0 spiro atoms. The van der Waals surface area contributed by atoms with E-state index in [0.29, 0.717) is 29.0 Å². The molecule has 3 amide bonds. The lowest BCUT2D eigenvalue weighted by Crippen LogP contribution is -2.32. The fourth-order valence-corrected chi connectivity index (χ4v) is 4.04. The standard InChI is InChI=1S/C27H36N4O4/c1-3-13-31(14-4-2)27(34)21-9-6-10-22(17-21)28-19-25(32)30-23-11-5-8-20(16-23)26(33)29-18-24-12-7-15-35-24/h5-6,8-11,16-17,24,28H,3-4,7,12-15,18-19H2,1-2H3,(H,29,33)(H,30,32). The van der Waals surface area contributed by atoms with Crippen molar-refractivity contribution in [1.29, 1.82) is 0 Å². The molecule has 2 aromatic rings. The molecular weight excluding hydrogens is 444 g/mol. The number of anilines is 2. The number of benzene rings is 2. The molecule has 1 atom stereocenters. The summed E-state index contributed by atoms with van der Waals surface area (Å²) in [6.07, 6.45) is 3.86. The number of ether oxygens (including phenoxy) is 1. The predicted octanol–water partition coefficient (Wildman–Crippen LogP) is 3.91. The van der Waals surface area contributed by atoms with E-state index < -0.39 is 0 Å². The van der Waals surface area contributed by atoms with Gasteiger partial charge in [0.15, 0.2) is 0 Å². The molecular formula is C27H36N4O4. The first kappa shape index (κ1) is 26.2. The third-order valence-electron chi connectivity index (χ3n) is 5.76. The Kier molecular flexibility index (Phi) is 10.1. The van der Waals surface area contributed by atoms with E-state index >= 15 is 0 Å². The lowest BCUT2D eigenvalue weighted by molar-refractivity contribution is -0.114. The molecule has 1 unspecified atom stereocenters. The summed E-state index contributed by atoms with van der Waals surface area (Å²) >= 11 is 0. The Bertz CT molecular complexity index is 998. The first-order valence-corrected chi connectivity index (χ1v) is 12.4. The topological polar surface area (TPSA) is 99.8 Å². The number of amides is 3. The van der Waals surface area contributed by atoms with Gasteiger partial charge in [0.1, 0.15) is 0 Å². The summed E-state index contributed by atoms with van der Waals surface area (Å²) in [5.74, 6) is -0.454. The highest BCUT2D eigenvalue weighted by Gasteiger charge is 2.17. The van der Waals surface area contributed by atoms with Crippen LogP contribution in [0.5, 0.6) is 0 Å². The highest BCUT2D eigenvalue weighted by molar-refractivity contribution is 5.98. The van der Waals surface area contributed by atoms with Crippen LogP contribution in [-0.4, -0.2) is 61.5 Å². The summed E-state index contributed by atoms with van der Waals surface area (Å²) in [4.78, 5) is 39.6. The van der Waals surface area contributed by atoms with Gasteiger partial charge in [0.05, 0.1) is 12.6 Å². The Labute approximate surface area is 207 Å². The van der Waals surface area contributed by atoms with Crippen molar-refractivity contribution in [2.75, 3.05) is 43.4 Å². The molecule has 8 nitrogen and oxygen atoms in total. The monoisotopic (exact) mass is 480 g/mol. The summed E-state index contributed by atoms with van der Waals surface area (Å²) in [5, 5.41) is 8.77. The maximum Gasteiger partial charge on any atom is 0.253 e. The highest BCUT2D eigenvalue weighted by Crippen LogP contribution is 2.15. The summed E-state index contributed by atoms with van der Waals surface area (Å²) in [6, 6.07) is 14.0. The molecule has 0 bridgehead atoms. The van der Waals surface area contributed by atoms with Crippen LogP contribution in [0.3, 0.4) is 0 Å². The Morgan fingerprint density at radius 1 is 0.971 bits per heavy atom. The second-order valence-electron chi connectivity index (χ2n) is 8.70. The first-order valence-electron chi connectivity index (χ1n) is 12.4. The Balaban J connectivity index is 1.52. The minimum absolute atomic E-state index is 0.00335. The van der Waals surface area contributed by atoms with Gasteiger partial charge in [-0.3, -0.25) is 14.4 Å². The fourth-order valence-electron chi connectivity index (χ4n) is 4.04. The van der Waals surface area contributed by atoms with E-state index in [1.165, 1.54) is 0 Å². The average Bonchev–Trinajstić information content (AvgIpc) is 3.39. The maximum absolute atomic E-state index is 12.8. The van der Waals surface area contributed by atoms with Gasteiger partial charge in [0.25, 0.3) is 11.8 Å². The second kappa shape index (κ2) is 13.5. The van der Waals surface area contributed by atoms with Crippen LogP contribution in [0.1, 0.15) is 60.2 Å². The van der Waals surface area contributed by atoms with Crippen molar-refractivity contribution in [2.45, 2.75) is 45.6 Å². The van der Waals surface area contributed by atoms with Crippen molar-refractivity contribution in [3.63, 3.8) is 0 Å². The number of carbonyl (C=O) groups is 3. The molecule has 1 aliphatic heterocycles. The second-order valence-corrected chi connectivity index (χ2v) is 8.70. The van der Waals surface area contributed by atoms with Gasteiger partial charge in [0.2, 0.25) is 5.91 Å². The number of hydrogen-bond donors (Lipinski definition) is 3. The number of hydrogen-bond acceptors (Lipinski definition) is 5. The van der Waals surface area contributed by atoms with E-state index in [2.05, 4.69) is 29.8 Å². The maximum atomic E-state index is 12.8. The molecule has 0 aromatic heterocycles. The van der Waals surface area contributed by atoms with Gasteiger partial charge in [-0.25, -0.2) is 0 Å². The molecule has 8 heteroatoms. The van der Waals surface area contributed by atoms with Crippen LogP contribution in [0, 0.1) is 0 Å². The van der Waals surface area contributed by atoms with Gasteiger partial charge in [-0.2, -0.15) is 0 Å². The van der Waals surface area contributed by atoms with E-state index in [-0.39, 0.29) is 30.4 Å². The van der Waals surface area contributed by atoms with Crippen LogP contribution in [-0.2, 0) is 9.53 Å². The molecule has 1 aliphatic rings. The van der Waals surface area contributed by atoms with Crippen LogP contribution < -0.4 is 16.0 Å². The zero-order valence-corrected chi connectivity index (χ0v) is 20.6. The summed E-state index contributed by atoms with van der Waals surface area (Å²) in [7, 11) is 0. The zero-order valence-electron chi connectivity index (χ0n) is 20.6. The summed E-state index contributed by atoms with van der Waals surface area (Å²) < 4.78 is 5.53. The minimum atomic E-state index is -0.253. The quantitative estimate of drug-likeness (QED) is 0.428. The Hall–Kier alpha value is -3.39. The molecule has 3 rings (SSSR count). The van der Waals surface area contributed by atoms with Crippen LogP contribution in [0.2, 0.25) is 0 Å². The van der Waals surface area contributed by atoms with E-state index in [0.717, 1.165) is 45.4 Å². The smallest absolute Gasteiger partial charge is 0.253 e. The Morgan fingerprint density at radius 2 is 1.66 bits per heavy atom. The zero-order chi connectivity index (χ0) is 25.0. The van der Waals surface area contributed by atoms with Crippen LogP contribution >= 0.6 is 0 Å². The molecule has 0 saturated carbocycles. The molecule has 1 saturated heterocycles. The average molecular weight is 481 g/mol. The third-order valence-corrected chi connectivity index (χ3v) is 5.76. The van der Waals surface area contributed by atoms with Gasteiger partial charge in [-0.15, -0.1) is 0 Å². The molecule has 0 radical (unpaired) electrons. The van der Waals surface area contributed by atoms with Crippen molar-refractivity contribution in [1.82, 2.24) is 10.2 Å². The number of nitrogens with zero attached hydrogens (tertiary/aromatic N) is 1. The van der Waals surface area contributed by atoms with Crippen molar-refractivity contribution >= 4 is 29.1 Å². The van der Waals surface area contributed by atoms with Crippen molar-refractivity contribution in [3.05, 3.63) is 59.7 Å². The van der Waals surface area contributed by atoms with Crippen LogP contribution in [0.15, 0.2) is 48.5 Å². The Morgan fingerprint density at radius 3 is 2.34 bits per heavy atom. The number of nitrogens with one attached hydrogen (secondary N) is 3. The predicted molar refractivity (Wildman–Crippen MR) is 138 cm³/mol. The van der Waals surface area contributed by atoms with Crippen molar-refractivity contribution in [2.24, 2.45) is 0 Å². The largest absolute Gasteiger partial charge is 0.376 e. The molecule has 2 aromatic carbocycles.